The molecule has 0 heterocycles. The lowest BCUT2D eigenvalue weighted by Gasteiger charge is -2.06. The second kappa shape index (κ2) is 33.5. The van der Waals surface area contributed by atoms with Crippen molar-refractivity contribution in [2.24, 2.45) is 0 Å². The number of nitrogens with one attached hydrogen (secondary N) is 2. The van der Waals surface area contributed by atoms with E-state index in [1.54, 1.807) is 10.6 Å². The predicted molar refractivity (Wildman–Crippen MR) is 136 cm³/mol. The number of hydrogen-bond donors (Lipinski definition) is 4. The van der Waals surface area contributed by atoms with E-state index in [2.05, 4.69) is 33.2 Å². The third kappa shape index (κ3) is 42.7. The first-order valence-electron chi connectivity index (χ1n) is 12.6. The molecule has 12 heteroatoms. The molecule has 0 radical (unpaired) electrons. The molecule has 0 aliphatic heterocycles. The average Bonchev–Trinajstić information content (AvgIpc) is 2.88. The third-order valence-corrected chi connectivity index (χ3v) is 3.94. The van der Waals surface area contributed by atoms with Gasteiger partial charge in [-0.05, 0) is 50.4 Å². The molecule has 0 saturated heterocycles. The third-order valence-electron chi connectivity index (χ3n) is 3.94. The first-order valence-corrected chi connectivity index (χ1v) is 12.6. The Hall–Kier alpha value is -3.48. The van der Waals surface area contributed by atoms with Crippen LogP contribution < -0.4 is 20.8 Å². The number of unbranched alkanes of at least 4 members (excludes halogenated alkanes) is 6. The molecular weight excluding hydrogens is 500 g/mol. The standard InChI is InChI=1S/C12H18O2.2C7H13NO4/c13-11-9-7-5-3-1-2-4-6-8-10-12-14;2*1-2-3-4-12-6(9)5-8-7(10)11/h13-14H,5-12H2;2*8H,2-5H2,1H3,(H,10,11)/p-2. The van der Waals surface area contributed by atoms with Crippen molar-refractivity contribution in [3.8, 4) is 23.7 Å². The van der Waals surface area contributed by atoms with E-state index in [1.807, 2.05) is 13.8 Å². The Morgan fingerprint density at radius 3 is 1.32 bits per heavy atom. The number of ether oxygens (including phenoxy) is 2. The largest absolute Gasteiger partial charge is 0.530 e. The highest BCUT2D eigenvalue weighted by atomic mass is 16.5. The van der Waals surface area contributed by atoms with Crippen LogP contribution in [0, 0.1) is 23.7 Å². The van der Waals surface area contributed by atoms with E-state index >= 15 is 0 Å². The van der Waals surface area contributed by atoms with Crippen molar-refractivity contribution in [1.29, 1.82) is 0 Å². The summed E-state index contributed by atoms with van der Waals surface area (Å²) in [6, 6.07) is 0. The van der Waals surface area contributed by atoms with Gasteiger partial charge in [0.2, 0.25) is 0 Å². The van der Waals surface area contributed by atoms with Gasteiger partial charge in [-0.3, -0.25) is 9.59 Å². The molecule has 0 aliphatic carbocycles. The van der Waals surface area contributed by atoms with E-state index in [1.165, 1.54) is 0 Å². The molecular formula is C26H42N2O10-2. The van der Waals surface area contributed by atoms with Crippen LogP contribution >= 0.6 is 0 Å². The van der Waals surface area contributed by atoms with Gasteiger partial charge in [-0.25, -0.2) is 0 Å². The smallest absolute Gasteiger partial charge is 0.325 e. The summed E-state index contributed by atoms with van der Waals surface area (Å²) in [5.41, 5.74) is 0. The van der Waals surface area contributed by atoms with Gasteiger partial charge in [0.1, 0.15) is 25.3 Å². The molecule has 0 bridgehead atoms. The van der Waals surface area contributed by atoms with E-state index < -0.39 is 24.1 Å². The van der Waals surface area contributed by atoms with Crippen LogP contribution in [0.1, 0.15) is 78.1 Å². The lowest BCUT2D eigenvalue weighted by atomic mass is 10.2. The van der Waals surface area contributed by atoms with Crippen LogP contribution in [0.2, 0.25) is 0 Å². The number of aliphatic hydroxyl groups excluding tert-OH is 2. The zero-order valence-electron chi connectivity index (χ0n) is 22.5. The molecule has 0 aromatic carbocycles. The molecule has 0 fully saturated rings. The molecule has 0 aromatic rings. The number of hydrogen-bond acceptors (Lipinski definition) is 10. The van der Waals surface area contributed by atoms with Crippen LogP contribution in [0.15, 0.2) is 0 Å². The van der Waals surface area contributed by atoms with E-state index in [9.17, 15) is 29.4 Å². The van der Waals surface area contributed by atoms with Gasteiger partial charge in [-0.15, -0.1) is 0 Å². The van der Waals surface area contributed by atoms with Gasteiger partial charge in [-0.2, -0.15) is 0 Å². The molecule has 0 unspecified atom stereocenters. The second-order valence-electron chi connectivity index (χ2n) is 7.40. The van der Waals surface area contributed by atoms with Crippen molar-refractivity contribution >= 4 is 24.1 Å². The lowest BCUT2D eigenvalue weighted by Crippen LogP contribution is -2.40. The SMILES string of the molecule is CCCCOC(=O)CNC(=O)[O-].CCCCOC(=O)CNC(=O)[O-].OCCCCC#CC#CCCCCO. The molecule has 2 amide bonds. The summed E-state index contributed by atoms with van der Waals surface area (Å²) in [4.78, 5) is 40.9. The Morgan fingerprint density at radius 1 is 0.658 bits per heavy atom. The first kappa shape index (κ1) is 39.0. The van der Waals surface area contributed by atoms with Crippen LogP contribution in [0.4, 0.5) is 9.59 Å². The molecule has 12 nitrogen and oxygen atoms in total. The zero-order chi connectivity index (χ0) is 29.3. The van der Waals surface area contributed by atoms with Gasteiger partial charge in [-0.1, -0.05) is 38.5 Å². The Labute approximate surface area is 225 Å². The molecule has 0 rings (SSSR count). The van der Waals surface area contributed by atoms with Crippen LogP contribution in [0.3, 0.4) is 0 Å². The summed E-state index contributed by atoms with van der Waals surface area (Å²) in [6.45, 7) is 4.41. The highest BCUT2D eigenvalue weighted by molar-refractivity contribution is 5.76. The van der Waals surface area contributed by atoms with Crippen molar-refractivity contribution in [3.63, 3.8) is 0 Å². The van der Waals surface area contributed by atoms with Gasteiger partial charge in [0.05, 0.1) is 13.2 Å². The summed E-state index contributed by atoms with van der Waals surface area (Å²) in [5, 5.41) is 40.2. The van der Waals surface area contributed by atoms with Crippen LogP contribution in [0.25, 0.3) is 0 Å². The van der Waals surface area contributed by atoms with Crippen LogP contribution in [-0.4, -0.2) is 73.9 Å². The predicted octanol–water partition coefficient (Wildman–Crippen LogP) is -0.156. The highest BCUT2D eigenvalue weighted by Gasteiger charge is 2.00. The summed E-state index contributed by atoms with van der Waals surface area (Å²) in [6.07, 6.45) is 5.64. The van der Waals surface area contributed by atoms with Crippen LogP contribution in [-0.2, 0) is 19.1 Å². The van der Waals surface area contributed by atoms with Crippen molar-refractivity contribution in [1.82, 2.24) is 10.6 Å². The maximum atomic E-state index is 10.6. The van der Waals surface area contributed by atoms with Gasteiger partial charge in [0, 0.05) is 26.1 Å². The Morgan fingerprint density at radius 2 is 1.03 bits per heavy atom. The topological polar surface area (TPSA) is 197 Å². The monoisotopic (exact) mass is 542 g/mol. The number of carbonyl (C=O) groups excluding carboxylic acids is 4. The fraction of sp³-hybridized carbons (Fsp3) is 0.692. The van der Waals surface area contributed by atoms with Gasteiger partial charge < -0.3 is 50.1 Å². The Balaban J connectivity index is -0.000000486. The first-order chi connectivity index (χ1) is 18.2. The summed E-state index contributed by atoms with van der Waals surface area (Å²) in [5.74, 6) is 10.2. The van der Waals surface area contributed by atoms with E-state index in [4.69, 9.17) is 10.2 Å². The lowest BCUT2D eigenvalue weighted by molar-refractivity contribution is -0.251. The quantitative estimate of drug-likeness (QED) is 0.115. The number of aliphatic hydroxyl groups is 2. The minimum atomic E-state index is -1.47. The van der Waals surface area contributed by atoms with Gasteiger partial charge in [0.25, 0.3) is 0 Å². The zero-order valence-corrected chi connectivity index (χ0v) is 22.5. The van der Waals surface area contributed by atoms with Crippen LogP contribution in [0.5, 0.6) is 0 Å². The summed E-state index contributed by atoms with van der Waals surface area (Å²) < 4.78 is 9.28. The number of amides is 2. The van der Waals surface area contributed by atoms with Crippen molar-refractivity contribution < 1.29 is 49.1 Å². The van der Waals surface area contributed by atoms with E-state index in [0.29, 0.717) is 13.2 Å². The van der Waals surface area contributed by atoms with Crippen molar-refractivity contribution in [3.05, 3.63) is 0 Å². The Kier molecular flexibility index (Phi) is 34.4. The minimum absolute atomic E-state index is 0.245. The van der Waals surface area contributed by atoms with Crippen molar-refractivity contribution in [2.75, 3.05) is 39.5 Å². The van der Waals surface area contributed by atoms with E-state index in [-0.39, 0.29) is 26.3 Å². The van der Waals surface area contributed by atoms with Crippen molar-refractivity contribution in [2.45, 2.75) is 78.1 Å². The summed E-state index contributed by atoms with van der Waals surface area (Å²) in [7, 11) is 0. The fourth-order valence-corrected chi connectivity index (χ4v) is 1.92. The normalized spacial score (nSPS) is 8.84. The molecule has 0 aromatic heterocycles. The highest BCUT2D eigenvalue weighted by Crippen LogP contribution is 1.92. The Bertz CT molecular complexity index is 674. The number of carbonyl (C=O) groups is 4. The maximum absolute atomic E-state index is 10.6. The second-order valence-corrected chi connectivity index (χ2v) is 7.40. The molecule has 0 spiro atoms. The minimum Gasteiger partial charge on any atom is -0.530 e. The molecule has 218 valence electrons. The fourth-order valence-electron chi connectivity index (χ4n) is 1.92. The number of esters is 2. The van der Waals surface area contributed by atoms with Gasteiger partial charge >= 0.3 is 11.9 Å². The number of carboxylic acid groups (broad SMARTS) is 2. The molecule has 0 aliphatic rings. The maximum Gasteiger partial charge on any atom is 0.325 e. The van der Waals surface area contributed by atoms with E-state index in [0.717, 1.165) is 64.2 Å². The molecule has 0 atom stereocenters. The average molecular weight is 543 g/mol. The molecule has 0 saturated carbocycles. The number of rotatable bonds is 16. The summed E-state index contributed by atoms with van der Waals surface area (Å²) >= 11 is 0. The van der Waals surface area contributed by atoms with Gasteiger partial charge in [0.15, 0.2) is 0 Å². The molecule has 38 heavy (non-hydrogen) atoms. The molecule has 4 N–H and O–H groups in total.